The van der Waals surface area contributed by atoms with Gasteiger partial charge in [0.05, 0.1) is 0 Å². The first-order valence-electron chi connectivity index (χ1n) is 4.59. The minimum atomic E-state index is -4.61. The van der Waals surface area contributed by atoms with E-state index in [1.165, 1.54) is 0 Å². The van der Waals surface area contributed by atoms with Crippen molar-refractivity contribution in [3.63, 3.8) is 0 Å². The molecule has 0 spiro atoms. The zero-order valence-corrected chi connectivity index (χ0v) is 9.61. The van der Waals surface area contributed by atoms with Crippen molar-refractivity contribution in [2.45, 2.75) is 25.8 Å². The van der Waals surface area contributed by atoms with Crippen LogP contribution in [-0.4, -0.2) is 39.4 Å². The van der Waals surface area contributed by atoms with E-state index >= 15 is 0 Å². The van der Waals surface area contributed by atoms with Crippen molar-refractivity contribution in [1.82, 2.24) is 10.4 Å². The fourth-order valence-electron chi connectivity index (χ4n) is 1.01. The molecule has 1 atom stereocenters. The lowest BCUT2D eigenvalue weighted by Gasteiger charge is -2.14. The SMILES string of the molecule is CCNC(=O)CC[C@H](NP(=O)(O)O)C(=O)O. The highest BCUT2D eigenvalue weighted by atomic mass is 31.2. The number of carbonyl (C=O) groups is 2. The molecule has 0 aliphatic rings. The first-order chi connectivity index (χ1) is 7.26. The van der Waals surface area contributed by atoms with Crippen LogP contribution >= 0.6 is 7.75 Å². The molecule has 0 heterocycles. The van der Waals surface area contributed by atoms with Gasteiger partial charge in [0.1, 0.15) is 6.04 Å². The van der Waals surface area contributed by atoms with Gasteiger partial charge in [-0.05, 0) is 13.3 Å². The van der Waals surface area contributed by atoms with Crippen LogP contribution in [0.1, 0.15) is 19.8 Å². The summed E-state index contributed by atoms with van der Waals surface area (Å²) in [7, 11) is -4.61. The number of aliphatic carboxylic acids is 1. The molecule has 0 saturated heterocycles. The third kappa shape index (κ3) is 7.36. The second-order valence-corrected chi connectivity index (χ2v) is 4.40. The Morgan fingerprint density at radius 3 is 2.31 bits per heavy atom. The minimum Gasteiger partial charge on any atom is -0.480 e. The van der Waals surface area contributed by atoms with Gasteiger partial charge in [-0.25, -0.2) is 9.65 Å². The van der Waals surface area contributed by atoms with E-state index in [2.05, 4.69) is 5.32 Å². The zero-order valence-electron chi connectivity index (χ0n) is 8.71. The van der Waals surface area contributed by atoms with Crippen molar-refractivity contribution in [3.05, 3.63) is 0 Å². The van der Waals surface area contributed by atoms with Crippen molar-refractivity contribution in [3.8, 4) is 0 Å². The molecule has 8 nitrogen and oxygen atoms in total. The van der Waals surface area contributed by atoms with Crippen LogP contribution in [0.2, 0.25) is 0 Å². The molecule has 94 valence electrons. The molecule has 0 unspecified atom stereocenters. The second kappa shape index (κ2) is 6.59. The van der Waals surface area contributed by atoms with Crippen molar-refractivity contribution in [2.24, 2.45) is 0 Å². The molecule has 0 rings (SSSR count). The summed E-state index contributed by atoms with van der Waals surface area (Å²) in [5.41, 5.74) is 0. The highest BCUT2D eigenvalue weighted by molar-refractivity contribution is 7.49. The Hall–Kier alpha value is -0.950. The van der Waals surface area contributed by atoms with Gasteiger partial charge in [-0.15, -0.1) is 0 Å². The van der Waals surface area contributed by atoms with Crippen LogP contribution in [0.4, 0.5) is 0 Å². The number of carboxylic acids is 1. The molecule has 16 heavy (non-hydrogen) atoms. The molecule has 5 N–H and O–H groups in total. The summed E-state index contributed by atoms with van der Waals surface area (Å²) in [6.07, 6.45) is -0.302. The number of amides is 1. The average Bonchev–Trinajstić information content (AvgIpc) is 2.10. The van der Waals surface area contributed by atoms with Crippen molar-refractivity contribution < 1.29 is 29.0 Å². The molecular weight excluding hydrogens is 239 g/mol. The highest BCUT2D eigenvalue weighted by Crippen LogP contribution is 2.29. The standard InChI is InChI=1S/C7H15N2O6P/c1-2-8-6(10)4-3-5(7(11)12)9-16(13,14)15/h5H,2-4H2,1H3,(H,8,10)(H,11,12)(H3,9,13,14,15)/t5-/m0/s1. The van der Waals surface area contributed by atoms with Crippen molar-refractivity contribution >= 4 is 19.6 Å². The van der Waals surface area contributed by atoms with Gasteiger partial charge in [0.2, 0.25) is 5.91 Å². The molecule has 0 saturated carbocycles. The lowest BCUT2D eigenvalue weighted by Crippen LogP contribution is -2.36. The van der Waals surface area contributed by atoms with E-state index in [-0.39, 0.29) is 18.7 Å². The van der Waals surface area contributed by atoms with E-state index in [4.69, 9.17) is 14.9 Å². The Morgan fingerprint density at radius 1 is 1.38 bits per heavy atom. The highest BCUT2D eigenvalue weighted by Gasteiger charge is 2.26. The molecule has 9 heteroatoms. The Labute approximate surface area is 92.3 Å². The quantitative estimate of drug-likeness (QED) is 0.369. The van der Waals surface area contributed by atoms with Crippen molar-refractivity contribution in [1.29, 1.82) is 0 Å². The smallest absolute Gasteiger partial charge is 0.401 e. The predicted molar refractivity (Wildman–Crippen MR) is 54.5 cm³/mol. The van der Waals surface area contributed by atoms with Crippen LogP contribution in [0, 0.1) is 0 Å². The number of rotatable bonds is 7. The lowest BCUT2D eigenvalue weighted by molar-refractivity contribution is -0.139. The van der Waals surface area contributed by atoms with Gasteiger partial charge in [-0.1, -0.05) is 0 Å². The van der Waals surface area contributed by atoms with Crippen LogP contribution in [-0.2, 0) is 14.2 Å². The summed E-state index contributed by atoms with van der Waals surface area (Å²) in [4.78, 5) is 38.7. The largest absolute Gasteiger partial charge is 0.480 e. The van der Waals surface area contributed by atoms with E-state index in [0.717, 1.165) is 0 Å². The zero-order chi connectivity index (χ0) is 12.8. The Morgan fingerprint density at radius 2 is 1.94 bits per heavy atom. The van der Waals surface area contributed by atoms with Gasteiger partial charge in [0.25, 0.3) is 0 Å². The van der Waals surface area contributed by atoms with E-state index in [0.29, 0.717) is 6.54 Å². The molecule has 0 aromatic carbocycles. The maximum absolute atomic E-state index is 11.0. The molecular formula is C7H15N2O6P. The fourth-order valence-corrected chi connectivity index (χ4v) is 1.65. The molecule has 0 aliphatic carbocycles. The molecule has 0 bridgehead atoms. The summed E-state index contributed by atoms with van der Waals surface area (Å²) in [5.74, 6) is -1.77. The summed E-state index contributed by atoms with van der Waals surface area (Å²) in [6.45, 7) is 2.13. The second-order valence-electron chi connectivity index (χ2n) is 3.06. The monoisotopic (exact) mass is 254 g/mol. The summed E-state index contributed by atoms with van der Waals surface area (Å²) in [6, 6.07) is -1.44. The molecule has 0 aromatic rings. The first kappa shape index (κ1) is 15.0. The van der Waals surface area contributed by atoms with Gasteiger partial charge in [-0.3, -0.25) is 9.59 Å². The number of carboxylic acid groups (broad SMARTS) is 1. The van der Waals surface area contributed by atoms with E-state index < -0.39 is 19.8 Å². The minimum absolute atomic E-state index is 0.113. The van der Waals surface area contributed by atoms with Gasteiger partial charge in [0.15, 0.2) is 0 Å². The number of hydrogen-bond acceptors (Lipinski definition) is 3. The summed E-state index contributed by atoms with van der Waals surface area (Å²) >= 11 is 0. The third-order valence-electron chi connectivity index (χ3n) is 1.66. The third-order valence-corrected chi connectivity index (χ3v) is 2.30. The lowest BCUT2D eigenvalue weighted by atomic mass is 10.1. The maximum atomic E-state index is 11.0. The van der Waals surface area contributed by atoms with Gasteiger partial charge < -0.3 is 20.2 Å². The van der Waals surface area contributed by atoms with Gasteiger partial charge in [0, 0.05) is 13.0 Å². The Bertz CT molecular complexity index is 301. The Balaban J connectivity index is 4.20. The molecule has 0 aromatic heterocycles. The fraction of sp³-hybridized carbons (Fsp3) is 0.714. The van der Waals surface area contributed by atoms with Crippen LogP contribution in [0.5, 0.6) is 0 Å². The first-order valence-corrected chi connectivity index (χ1v) is 6.20. The predicted octanol–water partition coefficient (Wildman–Crippen LogP) is -0.962. The Kier molecular flexibility index (Phi) is 6.20. The van der Waals surface area contributed by atoms with Gasteiger partial charge >= 0.3 is 13.7 Å². The molecule has 0 radical (unpaired) electrons. The topological polar surface area (TPSA) is 136 Å². The summed E-state index contributed by atoms with van der Waals surface area (Å²) < 4.78 is 10.5. The molecule has 1 amide bonds. The van der Waals surface area contributed by atoms with E-state index in [9.17, 15) is 14.2 Å². The van der Waals surface area contributed by atoms with E-state index in [1.54, 1.807) is 12.0 Å². The number of hydrogen-bond donors (Lipinski definition) is 5. The summed E-state index contributed by atoms with van der Waals surface area (Å²) in [5, 5.41) is 12.7. The van der Waals surface area contributed by atoms with Crippen molar-refractivity contribution in [2.75, 3.05) is 6.54 Å². The van der Waals surface area contributed by atoms with Crippen LogP contribution in [0.15, 0.2) is 0 Å². The molecule has 0 fully saturated rings. The van der Waals surface area contributed by atoms with Crippen LogP contribution in [0.25, 0.3) is 0 Å². The normalized spacial score (nSPS) is 13.2. The number of carbonyl (C=O) groups excluding carboxylic acids is 1. The van der Waals surface area contributed by atoms with E-state index in [1.807, 2.05) is 0 Å². The van der Waals surface area contributed by atoms with Crippen LogP contribution < -0.4 is 10.4 Å². The van der Waals surface area contributed by atoms with Gasteiger partial charge in [-0.2, -0.15) is 0 Å². The molecule has 0 aliphatic heterocycles. The number of nitrogens with one attached hydrogen (secondary N) is 2. The van der Waals surface area contributed by atoms with Crippen LogP contribution in [0.3, 0.4) is 0 Å². The maximum Gasteiger partial charge on any atom is 0.401 e. The average molecular weight is 254 g/mol.